The average Bonchev–Trinajstić information content (AvgIpc) is 2.49. The second kappa shape index (κ2) is 5.86. The lowest BCUT2D eigenvalue weighted by Gasteiger charge is -2.32. The zero-order valence-corrected chi connectivity index (χ0v) is 10.6. The summed E-state index contributed by atoms with van der Waals surface area (Å²) in [6.45, 7) is 3.32. The Morgan fingerprint density at radius 3 is 3.00 bits per heavy atom. The molecule has 1 aliphatic rings. The van der Waals surface area contributed by atoms with E-state index in [1.54, 1.807) is 18.6 Å². The van der Waals surface area contributed by atoms with E-state index in [0.717, 1.165) is 31.0 Å². The van der Waals surface area contributed by atoms with Gasteiger partial charge in [0.05, 0.1) is 24.2 Å². The van der Waals surface area contributed by atoms with Crippen LogP contribution in [0.2, 0.25) is 0 Å². The van der Waals surface area contributed by atoms with Crippen molar-refractivity contribution < 1.29 is 4.74 Å². The van der Waals surface area contributed by atoms with Gasteiger partial charge in [-0.25, -0.2) is 0 Å². The highest BCUT2D eigenvalue weighted by atomic mass is 16.5. The summed E-state index contributed by atoms with van der Waals surface area (Å²) in [5.41, 5.74) is 1.98. The molecule has 19 heavy (non-hydrogen) atoms. The number of morpholine rings is 1. The standard InChI is InChI=1S/C14H16N4O/c1-2-4-16-12(3-1)10-18-7-8-19-14(11-18)13-9-15-5-6-17-13/h1-6,9,14H,7-8,10-11H2/t14-/m1/s1. The molecule has 0 aliphatic carbocycles. The van der Waals surface area contributed by atoms with Gasteiger partial charge in [0, 0.05) is 38.2 Å². The van der Waals surface area contributed by atoms with Crippen LogP contribution in [-0.2, 0) is 11.3 Å². The summed E-state index contributed by atoms with van der Waals surface area (Å²) >= 11 is 0. The Labute approximate surface area is 112 Å². The maximum atomic E-state index is 5.77. The highest BCUT2D eigenvalue weighted by molar-refractivity contribution is 5.05. The van der Waals surface area contributed by atoms with Gasteiger partial charge in [0.2, 0.25) is 0 Å². The van der Waals surface area contributed by atoms with E-state index in [-0.39, 0.29) is 6.10 Å². The number of rotatable bonds is 3. The van der Waals surface area contributed by atoms with E-state index in [4.69, 9.17) is 4.74 Å². The van der Waals surface area contributed by atoms with Gasteiger partial charge < -0.3 is 4.74 Å². The molecule has 0 unspecified atom stereocenters. The fourth-order valence-electron chi connectivity index (χ4n) is 2.22. The van der Waals surface area contributed by atoms with E-state index >= 15 is 0 Å². The van der Waals surface area contributed by atoms with Gasteiger partial charge in [-0.1, -0.05) is 6.07 Å². The number of hydrogen-bond acceptors (Lipinski definition) is 5. The van der Waals surface area contributed by atoms with Crippen molar-refractivity contribution in [3.8, 4) is 0 Å². The van der Waals surface area contributed by atoms with Crippen molar-refractivity contribution in [3.05, 3.63) is 54.4 Å². The van der Waals surface area contributed by atoms with E-state index in [1.165, 1.54) is 0 Å². The van der Waals surface area contributed by atoms with Crippen LogP contribution in [0.5, 0.6) is 0 Å². The molecular weight excluding hydrogens is 240 g/mol. The molecule has 3 heterocycles. The lowest BCUT2D eigenvalue weighted by molar-refractivity contribution is -0.0355. The van der Waals surface area contributed by atoms with Crippen molar-refractivity contribution in [3.63, 3.8) is 0 Å². The Morgan fingerprint density at radius 2 is 2.21 bits per heavy atom. The fourth-order valence-corrected chi connectivity index (χ4v) is 2.22. The summed E-state index contributed by atoms with van der Waals surface area (Å²) in [7, 11) is 0. The van der Waals surface area contributed by atoms with Gasteiger partial charge in [0.15, 0.2) is 0 Å². The van der Waals surface area contributed by atoms with Crippen LogP contribution < -0.4 is 0 Å². The summed E-state index contributed by atoms with van der Waals surface area (Å²) in [6.07, 6.45) is 6.99. The van der Waals surface area contributed by atoms with Crippen LogP contribution >= 0.6 is 0 Å². The van der Waals surface area contributed by atoms with Crippen molar-refractivity contribution in [1.29, 1.82) is 0 Å². The summed E-state index contributed by atoms with van der Waals surface area (Å²) in [4.78, 5) is 15.1. The van der Waals surface area contributed by atoms with Crippen molar-refractivity contribution in [2.24, 2.45) is 0 Å². The molecule has 0 aromatic carbocycles. The molecule has 5 heteroatoms. The first-order valence-electron chi connectivity index (χ1n) is 6.41. The van der Waals surface area contributed by atoms with E-state index < -0.39 is 0 Å². The van der Waals surface area contributed by atoms with Gasteiger partial charge in [0.1, 0.15) is 6.10 Å². The Morgan fingerprint density at radius 1 is 1.21 bits per heavy atom. The van der Waals surface area contributed by atoms with Crippen LogP contribution in [0.25, 0.3) is 0 Å². The van der Waals surface area contributed by atoms with Crippen molar-refractivity contribution >= 4 is 0 Å². The Bertz CT molecular complexity index is 505. The Kier molecular flexibility index (Phi) is 3.76. The Balaban J connectivity index is 1.65. The zero-order valence-electron chi connectivity index (χ0n) is 10.6. The van der Waals surface area contributed by atoms with Crippen LogP contribution in [0, 0.1) is 0 Å². The van der Waals surface area contributed by atoms with Crippen LogP contribution in [0.3, 0.4) is 0 Å². The minimum absolute atomic E-state index is 0.00571. The predicted molar refractivity (Wildman–Crippen MR) is 70.2 cm³/mol. The van der Waals surface area contributed by atoms with Gasteiger partial charge >= 0.3 is 0 Å². The second-order valence-electron chi connectivity index (χ2n) is 4.55. The first kappa shape index (κ1) is 12.2. The highest BCUT2D eigenvalue weighted by Crippen LogP contribution is 2.20. The fraction of sp³-hybridized carbons (Fsp3) is 0.357. The molecule has 2 aromatic rings. The molecule has 1 atom stereocenters. The molecule has 1 saturated heterocycles. The van der Waals surface area contributed by atoms with E-state index in [9.17, 15) is 0 Å². The largest absolute Gasteiger partial charge is 0.369 e. The smallest absolute Gasteiger partial charge is 0.114 e. The van der Waals surface area contributed by atoms with Crippen LogP contribution in [0.1, 0.15) is 17.5 Å². The third-order valence-corrected chi connectivity index (χ3v) is 3.18. The number of pyridine rings is 1. The maximum Gasteiger partial charge on any atom is 0.114 e. The monoisotopic (exact) mass is 256 g/mol. The molecule has 0 spiro atoms. The molecule has 0 N–H and O–H groups in total. The quantitative estimate of drug-likeness (QED) is 0.832. The van der Waals surface area contributed by atoms with Crippen molar-refractivity contribution in [2.45, 2.75) is 12.6 Å². The highest BCUT2D eigenvalue weighted by Gasteiger charge is 2.23. The van der Waals surface area contributed by atoms with Crippen molar-refractivity contribution in [1.82, 2.24) is 19.9 Å². The zero-order chi connectivity index (χ0) is 12.9. The molecule has 1 aliphatic heterocycles. The summed E-state index contributed by atoms with van der Waals surface area (Å²) < 4.78 is 5.77. The number of hydrogen-bond donors (Lipinski definition) is 0. The molecule has 0 radical (unpaired) electrons. The van der Waals surface area contributed by atoms with Crippen molar-refractivity contribution in [2.75, 3.05) is 19.7 Å². The van der Waals surface area contributed by atoms with Gasteiger partial charge in [-0.2, -0.15) is 0 Å². The van der Waals surface area contributed by atoms with Crippen LogP contribution in [0.15, 0.2) is 43.0 Å². The molecule has 1 fully saturated rings. The number of aromatic nitrogens is 3. The lowest BCUT2D eigenvalue weighted by atomic mass is 10.2. The van der Waals surface area contributed by atoms with Gasteiger partial charge in [-0.3, -0.25) is 19.9 Å². The minimum Gasteiger partial charge on any atom is -0.369 e. The molecule has 0 bridgehead atoms. The third-order valence-electron chi connectivity index (χ3n) is 3.18. The van der Waals surface area contributed by atoms with Gasteiger partial charge in [-0.05, 0) is 12.1 Å². The summed E-state index contributed by atoms with van der Waals surface area (Å²) in [5.74, 6) is 0. The molecule has 0 saturated carbocycles. The van der Waals surface area contributed by atoms with E-state index in [0.29, 0.717) is 6.61 Å². The molecule has 3 rings (SSSR count). The molecule has 2 aromatic heterocycles. The second-order valence-corrected chi connectivity index (χ2v) is 4.55. The number of nitrogens with zero attached hydrogens (tertiary/aromatic N) is 4. The van der Waals surface area contributed by atoms with Crippen LogP contribution in [0.4, 0.5) is 0 Å². The first-order chi connectivity index (χ1) is 9.42. The van der Waals surface area contributed by atoms with Gasteiger partial charge in [0.25, 0.3) is 0 Å². The lowest BCUT2D eigenvalue weighted by Crippen LogP contribution is -2.38. The maximum absolute atomic E-state index is 5.77. The summed E-state index contributed by atoms with van der Waals surface area (Å²) in [5, 5.41) is 0. The normalized spacial score (nSPS) is 20.3. The Hall–Kier alpha value is -1.85. The first-order valence-corrected chi connectivity index (χ1v) is 6.41. The minimum atomic E-state index is 0.00571. The molecular formula is C14H16N4O. The SMILES string of the molecule is c1ccc(CN2CCO[C@@H](c3cnccn3)C2)nc1. The third kappa shape index (κ3) is 3.13. The predicted octanol–water partition coefficient (Wildman–Crippen LogP) is 1.45. The van der Waals surface area contributed by atoms with E-state index in [1.807, 2.05) is 24.4 Å². The average molecular weight is 256 g/mol. The molecule has 5 nitrogen and oxygen atoms in total. The summed E-state index contributed by atoms with van der Waals surface area (Å²) in [6, 6.07) is 6.00. The van der Waals surface area contributed by atoms with Crippen LogP contribution in [-0.4, -0.2) is 39.5 Å². The molecule has 0 amide bonds. The van der Waals surface area contributed by atoms with Gasteiger partial charge in [-0.15, -0.1) is 0 Å². The topological polar surface area (TPSA) is 51.1 Å². The van der Waals surface area contributed by atoms with E-state index in [2.05, 4.69) is 19.9 Å². The number of ether oxygens (including phenoxy) is 1. The molecule has 98 valence electrons.